The Kier molecular flexibility index (Phi) is 5.53. The highest BCUT2D eigenvalue weighted by Crippen LogP contribution is 2.05. The molecule has 4 nitrogen and oxygen atoms in total. The highest BCUT2D eigenvalue weighted by atomic mass is 16.5. The lowest BCUT2D eigenvalue weighted by Gasteiger charge is -2.25. The number of methoxy groups -OCH3 is 1. The van der Waals surface area contributed by atoms with Gasteiger partial charge in [0.25, 0.3) is 0 Å². The van der Waals surface area contributed by atoms with Gasteiger partial charge in [-0.3, -0.25) is 0 Å². The summed E-state index contributed by atoms with van der Waals surface area (Å²) in [6, 6.07) is -0.103. The lowest BCUT2D eigenvalue weighted by atomic mass is 10.0. The monoisotopic (exact) mass is 202 g/mol. The lowest BCUT2D eigenvalue weighted by molar-refractivity contribution is 0.169. The summed E-state index contributed by atoms with van der Waals surface area (Å²) in [6.07, 6.45) is 0.902. The molecular formula is C10H22N2O2. The third kappa shape index (κ3) is 5.80. The van der Waals surface area contributed by atoms with Crippen LogP contribution in [0.3, 0.4) is 0 Å². The summed E-state index contributed by atoms with van der Waals surface area (Å²) >= 11 is 0. The van der Waals surface area contributed by atoms with E-state index >= 15 is 0 Å². The van der Waals surface area contributed by atoms with Gasteiger partial charge < -0.3 is 15.4 Å². The molecule has 84 valence electrons. The summed E-state index contributed by atoms with van der Waals surface area (Å²) in [5.41, 5.74) is -0.156. The Hall–Kier alpha value is -0.770. The summed E-state index contributed by atoms with van der Waals surface area (Å²) in [4.78, 5) is 11.4. The molecule has 0 radical (unpaired) electrons. The van der Waals surface area contributed by atoms with Crippen molar-refractivity contribution in [3.8, 4) is 0 Å². The molecule has 0 heterocycles. The fraction of sp³-hybridized carbons (Fsp3) is 0.900. The van der Waals surface area contributed by atoms with Crippen molar-refractivity contribution in [1.82, 2.24) is 10.6 Å². The van der Waals surface area contributed by atoms with Crippen molar-refractivity contribution < 1.29 is 9.53 Å². The summed E-state index contributed by atoms with van der Waals surface area (Å²) in [7, 11) is 1.62. The van der Waals surface area contributed by atoms with Crippen LogP contribution in [-0.2, 0) is 4.74 Å². The molecule has 0 aromatic carbocycles. The molecule has 0 bridgehead atoms. The third-order valence-corrected chi connectivity index (χ3v) is 2.13. The topological polar surface area (TPSA) is 50.4 Å². The Bertz CT molecular complexity index is 181. The number of carbonyl (C=O) groups excluding carboxylic acids is 1. The zero-order valence-electron chi connectivity index (χ0n) is 9.81. The molecule has 0 rings (SSSR count). The fourth-order valence-corrected chi connectivity index (χ4v) is 0.947. The van der Waals surface area contributed by atoms with Crippen molar-refractivity contribution in [2.75, 3.05) is 13.7 Å². The van der Waals surface area contributed by atoms with E-state index in [0.29, 0.717) is 6.61 Å². The maximum atomic E-state index is 11.4. The quantitative estimate of drug-likeness (QED) is 0.710. The number of rotatable bonds is 5. The Balaban J connectivity index is 3.86. The first-order chi connectivity index (χ1) is 6.41. The van der Waals surface area contributed by atoms with Gasteiger partial charge in [-0.1, -0.05) is 6.92 Å². The SMILES string of the molecule is CCC(C)(C)NC(=O)NC(C)COC. The number of amides is 2. The van der Waals surface area contributed by atoms with Gasteiger partial charge in [-0.05, 0) is 27.2 Å². The molecule has 0 aliphatic heterocycles. The summed E-state index contributed by atoms with van der Waals surface area (Å²) in [5.74, 6) is 0. The minimum absolute atomic E-state index is 0.0349. The molecule has 0 aliphatic rings. The minimum atomic E-state index is -0.156. The Morgan fingerprint density at radius 2 is 2.07 bits per heavy atom. The molecule has 0 fully saturated rings. The van der Waals surface area contributed by atoms with Crippen molar-refractivity contribution >= 4 is 6.03 Å². The first-order valence-corrected chi connectivity index (χ1v) is 4.99. The first-order valence-electron chi connectivity index (χ1n) is 4.99. The zero-order valence-corrected chi connectivity index (χ0v) is 9.81. The molecule has 4 heteroatoms. The maximum absolute atomic E-state index is 11.4. The molecule has 0 spiro atoms. The van der Waals surface area contributed by atoms with Gasteiger partial charge in [-0.25, -0.2) is 4.79 Å². The number of hydrogen-bond donors (Lipinski definition) is 2. The molecule has 0 aromatic rings. The molecule has 0 saturated heterocycles. The lowest BCUT2D eigenvalue weighted by Crippen LogP contribution is -2.50. The van der Waals surface area contributed by atoms with Gasteiger partial charge in [0.1, 0.15) is 0 Å². The van der Waals surface area contributed by atoms with E-state index in [2.05, 4.69) is 10.6 Å². The van der Waals surface area contributed by atoms with Gasteiger partial charge in [0.2, 0.25) is 0 Å². The van der Waals surface area contributed by atoms with E-state index in [4.69, 9.17) is 4.74 Å². The predicted molar refractivity (Wildman–Crippen MR) is 57.4 cm³/mol. The average molecular weight is 202 g/mol. The van der Waals surface area contributed by atoms with Crippen LogP contribution in [0.15, 0.2) is 0 Å². The van der Waals surface area contributed by atoms with Gasteiger partial charge in [-0.15, -0.1) is 0 Å². The number of urea groups is 1. The van der Waals surface area contributed by atoms with E-state index in [0.717, 1.165) is 6.42 Å². The van der Waals surface area contributed by atoms with Crippen LogP contribution in [0.1, 0.15) is 34.1 Å². The normalized spacial score (nSPS) is 13.5. The molecule has 0 aromatic heterocycles. The second kappa shape index (κ2) is 5.86. The molecule has 1 atom stereocenters. The van der Waals surface area contributed by atoms with E-state index in [1.54, 1.807) is 7.11 Å². The Labute approximate surface area is 86.4 Å². The summed E-state index contributed by atoms with van der Waals surface area (Å²) in [5, 5.41) is 5.69. The standard InChI is InChI=1S/C10H22N2O2/c1-6-10(3,4)12-9(13)11-8(2)7-14-5/h8H,6-7H2,1-5H3,(H2,11,12,13). The predicted octanol–water partition coefficient (Wildman–Crippen LogP) is 1.51. The van der Waals surface area contributed by atoms with Crippen molar-refractivity contribution in [1.29, 1.82) is 0 Å². The molecule has 2 amide bonds. The molecule has 0 aliphatic carbocycles. The van der Waals surface area contributed by atoms with Crippen LogP contribution in [0.4, 0.5) is 4.79 Å². The van der Waals surface area contributed by atoms with Crippen LogP contribution >= 0.6 is 0 Å². The van der Waals surface area contributed by atoms with E-state index in [9.17, 15) is 4.79 Å². The first kappa shape index (κ1) is 13.2. The Morgan fingerprint density at radius 3 is 2.50 bits per heavy atom. The van der Waals surface area contributed by atoms with E-state index < -0.39 is 0 Å². The van der Waals surface area contributed by atoms with Crippen molar-refractivity contribution in [2.45, 2.75) is 45.7 Å². The van der Waals surface area contributed by atoms with Crippen LogP contribution in [0.25, 0.3) is 0 Å². The number of carbonyl (C=O) groups is 1. The van der Waals surface area contributed by atoms with Gasteiger partial charge in [-0.2, -0.15) is 0 Å². The van der Waals surface area contributed by atoms with Crippen LogP contribution in [0, 0.1) is 0 Å². The molecule has 1 unspecified atom stereocenters. The van der Waals surface area contributed by atoms with Crippen molar-refractivity contribution in [3.63, 3.8) is 0 Å². The summed E-state index contributed by atoms with van der Waals surface area (Å²) in [6.45, 7) is 8.46. The van der Waals surface area contributed by atoms with E-state index in [1.807, 2.05) is 27.7 Å². The van der Waals surface area contributed by atoms with Crippen LogP contribution in [-0.4, -0.2) is 31.3 Å². The number of nitrogens with one attached hydrogen (secondary N) is 2. The molecule has 2 N–H and O–H groups in total. The van der Waals surface area contributed by atoms with Gasteiger partial charge >= 0.3 is 6.03 Å². The van der Waals surface area contributed by atoms with Crippen LogP contribution < -0.4 is 10.6 Å². The second-order valence-corrected chi connectivity index (χ2v) is 4.19. The second-order valence-electron chi connectivity index (χ2n) is 4.19. The van der Waals surface area contributed by atoms with Crippen molar-refractivity contribution in [3.05, 3.63) is 0 Å². The van der Waals surface area contributed by atoms with Gasteiger partial charge in [0, 0.05) is 12.6 Å². The minimum Gasteiger partial charge on any atom is -0.383 e. The summed E-state index contributed by atoms with van der Waals surface area (Å²) < 4.78 is 4.92. The highest BCUT2D eigenvalue weighted by Gasteiger charge is 2.18. The molecular weight excluding hydrogens is 180 g/mol. The average Bonchev–Trinajstić information content (AvgIpc) is 2.03. The highest BCUT2D eigenvalue weighted by molar-refractivity contribution is 5.74. The molecule has 14 heavy (non-hydrogen) atoms. The number of hydrogen-bond acceptors (Lipinski definition) is 2. The number of ether oxygens (including phenoxy) is 1. The smallest absolute Gasteiger partial charge is 0.315 e. The van der Waals surface area contributed by atoms with Crippen LogP contribution in [0.5, 0.6) is 0 Å². The zero-order chi connectivity index (χ0) is 11.2. The Morgan fingerprint density at radius 1 is 1.50 bits per heavy atom. The van der Waals surface area contributed by atoms with Gasteiger partial charge in [0.15, 0.2) is 0 Å². The molecule has 0 saturated carbocycles. The fourth-order valence-electron chi connectivity index (χ4n) is 0.947. The largest absolute Gasteiger partial charge is 0.383 e. The van der Waals surface area contributed by atoms with Crippen LogP contribution in [0.2, 0.25) is 0 Å². The van der Waals surface area contributed by atoms with E-state index in [-0.39, 0.29) is 17.6 Å². The van der Waals surface area contributed by atoms with E-state index in [1.165, 1.54) is 0 Å². The maximum Gasteiger partial charge on any atom is 0.315 e. The van der Waals surface area contributed by atoms with Gasteiger partial charge in [0.05, 0.1) is 12.6 Å². The third-order valence-electron chi connectivity index (χ3n) is 2.13. The van der Waals surface area contributed by atoms with Crippen molar-refractivity contribution in [2.24, 2.45) is 0 Å².